The van der Waals surface area contributed by atoms with E-state index in [1.54, 1.807) is 6.07 Å². The summed E-state index contributed by atoms with van der Waals surface area (Å²) in [6.45, 7) is 0. The third-order valence-corrected chi connectivity index (χ3v) is 2.80. The summed E-state index contributed by atoms with van der Waals surface area (Å²) in [6.07, 6.45) is -3.02. The Morgan fingerprint density at radius 2 is 2.00 bits per heavy atom. The molecule has 0 saturated carbocycles. The summed E-state index contributed by atoms with van der Waals surface area (Å²) in [5.74, 6) is -0.771. The summed E-state index contributed by atoms with van der Waals surface area (Å²) < 4.78 is 38.6. The zero-order valence-corrected chi connectivity index (χ0v) is 10.1. The number of aromatic nitrogens is 1. The number of pyridine rings is 1. The van der Waals surface area contributed by atoms with Crippen molar-refractivity contribution >= 4 is 0 Å². The van der Waals surface area contributed by atoms with E-state index in [-0.39, 0.29) is 16.7 Å². The first-order chi connectivity index (χ1) is 9.54. The molecule has 102 valence electrons. The van der Waals surface area contributed by atoms with Gasteiger partial charge in [-0.15, -0.1) is 0 Å². The van der Waals surface area contributed by atoms with E-state index in [9.17, 15) is 18.3 Å². The number of rotatable bonds is 3. The smallest absolute Gasteiger partial charge is 0.280 e. The lowest BCUT2D eigenvalue weighted by Gasteiger charge is -2.14. The van der Waals surface area contributed by atoms with Crippen LogP contribution < -0.4 is 0 Å². The van der Waals surface area contributed by atoms with E-state index in [2.05, 4.69) is 4.98 Å². The summed E-state index contributed by atoms with van der Waals surface area (Å²) in [5, 5.41) is 19.0. The quantitative estimate of drug-likeness (QED) is 0.938. The Balaban J connectivity index is 2.47. The average molecular weight is 278 g/mol. The van der Waals surface area contributed by atoms with Gasteiger partial charge in [0.1, 0.15) is 23.7 Å². The van der Waals surface area contributed by atoms with Gasteiger partial charge >= 0.3 is 0 Å². The van der Waals surface area contributed by atoms with Crippen molar-refractivity contribution in [2.75, 3.05) is 0 Å². The van der Waals surface area contributed by atoms with Gasteiger partial charge in [0.2, 0.25) is 0 Å². The molecule has 20 heavy (non-hydrogen) atoms. The molecular weight excluding hydrogens is 269 g/mol. The van der Waals surface area contributed by atoms with Crippen molar-refractivity contribution in [3.05, 3.63) is 64.7 Å². The minimum atomic E-state index is -2.77. The first-order valence-electron chi connectivity index (χ1n) is 5.65. The molecule has 3 nitrogen and oxygen atoms in total. The number of benzene rings is 1. The lowest BCUT2D eigenvalue weighted by Crippen LogP contribution is -2.05. The maximum absolute atomic E-state index is 13.5. The van der Waals surface area contributed by atoms with Crippen molar-refractivity contribution in [1.29, 1.82) is 5.26 Å². The summed E-state index contributed by atoms with van der Waals surface area (Å²) in [6, 6.07) is 7.81. The number of nitriles is 1. The van der Waals surface area contributed by atoms with Crippen LogP contribution in [0.5, 0.6) is 0 Å². The van der Waals surface area contributed by atoms with Gasteiger partial charge < -0.3 is 5.11 Å². The van der Waals surface area contributed by atoms with Gasteiger partial charge in [0.15, 0.2) is 0 Å². The Morgan fingerprint density at radius 3 is 2.65 bits per heavy atom. The molecule has 1 unspecified atom stereocenters. The molecule has 6 heteroatoms. The predicted octanol–water partition coefficient (Wildman–Crippen LogP) is 3.11. The monoisotopic (exact) mass is 278 g/mol. The highest BCUT2D eigenvalue weighted by atomic mass is 19.3. The second-order valence-electron chi connectivity index (χ2n) is 4.03. The van der Waals surface area contributed by atoms with E-state index >= 15 is 0 Å². The van der Waals surface area contributed by atoms with Crippen molar-refractivity contribution in [1.82, 2.24) is 4.98 Å². The van der Waals surface area contributed by atoms with E-state index < -0.39 is 24.0 Å². The molecule has 0 spiro atoms. The van der Waals surface area contributed by atoms with Crippen LogP contribution in [-0.4, -0.2) is 10.1 Å². The second-order valence-corrected chi connectivity index (χ2v) is 4.03. The second kappa shape index (κ2) is 5.72. The lowest BCUT2D eigenvalue weighted by molar-refractivity contribution is 0.145. The number of halogens is 3. The average Bonchev–Trinajstić information content (AvgIpc) is 2.46. The summed E-state index contributed by atoms with van der Waals surface area (Å²) >= 11 is 0. The van der Waals surface area contributed by atoms with Crippen LogP contribution in [0.15, 0.2) is 36.5 Å². The highest BCUT2D eigenvalue weighted by molar-refractivity contribution is 5.43. The molecule has 0 aliphatic rings. The van der Waals surface area contributed by atoms with Gasteiger partial charge in [-0.1, -0.05) is 12.1 Å². The number of aliphatic hydroxyl groups is 1. The van der Waals surface area contributed by atoms with Crippen LogP contribution in [0.3, 0.4) is 0 Å². The lowest BCUT2D eigenvalue weighted by atomic mass is 9.97. The standard InChI is InChI=1S/C14H9F3N2O/c15-11-3-1-2-9(10(11)7-18)13(20)8-4-5-19-12(6-8)14(16)17/h1-6,13-14,20H. The SMILES string of the molecule is N#Cc1c(F)cccc1C(O)c1ccnc(C(F)F)c1. The summed E-state index contributed by atoms with van der Waals surface area (Å²) in [5.41, 5.74) is -0.650. The van der Waals surface area contributed by atoms with Gasteiger partial charge in [-0.3, -0.25) is 4.98 Å². The number of aliphatic hydroxyl groups excluding tert-OH is 1. The van der Waals surface area contributed by atoms with Gasteiger partial charge in [-0.05, 0) is 23.8 Å². The molecule has 2 rings (SSSR count). The zero-order valence-electron chi connectivity index (χ0n) is 10.1. The fourth-order valence-corrected chi connectivity index (χ4v) is 1.82. The molecule has 0 bridgehead atoms. The first-order valence-corrected chi connectivity index (χ1v) is 5.65. The van der Waals surface area contributed by atoms with Crippen molar-refractivity contribution in [2.24, 2.45) is 0 Å². The van der Waals surface area contributed by atoms with Crippen molar-refractivity contribution < 1.29 is 18.3 Å². The summed E-state index contributed by atoms with van der Waals surface area (Å²) in [4.78, 5) is 3.47. The molecule has 2 aromatic rings. The molecule has 1 atom stereocenters. The molecule has 0 saturated heterocycles. The van der Waals surface area contributed by atoms with Crippen LogP contribution in [0.4, 0.5) is 13.2 Å². The van der Waals surface area contributed by atoms with Gasteiger partial charge in [0.05, 0.1) is 5.56 Å². The third-order valence-electron chi connectivity index (χ3n) is 2.80. The highest BCUT2D eigenvalue weighted by Crippen LogP contribution is 2.28. The third kappa shape index (κ3) is 2.63. The van der Waals surface area contributed by atoms with Crippen LogP contribution in [0.2, 0.25) is 0 Å². The van der Waals surface area contributed by atoms with Gasteiger partial charge in [0.25, 0.3) is 6.43 Å². The van der Waals surface area contributed by atoms with Crippen molar-refractivity contribution in [3.63, 3.8) is 0 Å². The minimum Gasteiger partial charge on any atom is -0.384 e. The Labute approximate surface area is 112 Å². The zero-order chi connectivity index (χ0) is 14.7. The molecule has 0 radical (unpaired) electrons. The highest BCUT2D eigenvalue weighted by Gasteiger charge is 2.19. The van der Waals surface area contributed by atoms with Gasteiger partial charge in [-0.2, -0.15) is 5.26 Å². The molecule has 1 aromatic carbocycles. The molecule has 1 heterocycles. The maximum atomic E-state index is 13.5. The largest absolute Gasteiger partial charge is 0.384 e. The van der Waals surface area contributed by atoms with E-state index in [1.807, 2.05) is 0 Å². The topological polar surface area (TPSA) is 56.9 Å². The fourth-order valence-electron chi connectivity index (χ4n) is 1.82. The van der Waals surface area contributed by atoms with Crippen LogP contribution >= 0.6 is 0 Å². The Hall–Kier alpha value is -2.39. The molecule has 0 amide bonds. The molecule has 0 aliphatic heterocycles. The van der Waals surface area contributed by atoms with Crippen LogP contribution in [0.1, 0.15) is 34.9 Å². The Morgan fingerprint density at radius 1 is 1.25 bits per heavy atom. The van der Waals surface area contributed by atoms with Gasteiger partial charge in [0, 0.05) is 11.8 Å². The van der Waals surface area contributed by atoms with E-state index in [0.29, 0.717) is 0 Å². The van der Waals surface area contributed by atoms with Crippen molar-refractivity contribution in [3.8, 4) is 6.07 Å². The molecule has 0 fully saturated rings. The summed E-state index contributed by atoms with van der Waals surface area (Å²) in [7, 11) is 0. The van der Waals surface area contributed by atoms with E-state index in [0.717, 1.165) is 18.3 Å². The molecule has 0 aliphatic carbocycles. The Kier molecular flexibility index (Phi) is 4.01. The van der Waals surface area contributed by atoms with Gasteiger partial charge in [-0.25, -0.2) is 13.2 Å². The van der Waals surface area contributed by atoms with E-state index in [4.69, 9.17) is 5.26 Å². The normalized spacial score (nSPS) is 12.2. The predicted molar refractivity (Wildman–Crippen MR) is 64.4 cm³/mol. The minimum absolute atomic E-state index is 0.0268. The molecular formula is C14H9F3N2O. The number of alkyl halides is 2. The fraction of sp³-hybridized carbons (Fsp3) is 0.143. The van der Waals surface area contributed by atoms with E-state index in [1.165, 1.54) is 18.2 Å². The molecule has 1 aromatic heterocycles. The Bertz CT molecular complexity index is 668. The van der Waals surface area contributed by atoms with Crippen LogP contribution in [0, 0.1) is 17.1 Å². The molecule has 1 N–H and O–H groups in total. The number of hydrogen-bond donors (Lipinski definition) is 1. The van der Waals surface area contributed by atoms with Crippen molar-refractivity contribution in [2.45, 2.75) is 12.5 Å². The number of nitrogens with zero attached hydrogens (tertiary/aromatic N) is 2. The van der Waals surface area contributed by atoms with Crippen LogP contribution in [0.25, 0.3) is 0 Å². The number of hydrogen-bond acceptors (Lipinski definition) is 3. The maximum Gasteiger partial charge on any atom is 0.280 e. The van der Waals surface area contributed by atoms with Crippen LogP contribution in [-0.2, 0) is 0 Å². The first kappa shape index (κ1) is 14.0.